The van der Waals surface area contributed by atoms with Gasteiger partial charge in [0.15, 0.2) is 0 Å². The Kier molecular flexibility index (Phi) is 5.43. The van der Waals surface area contributed by atoms with Crippen LogP contribution in [0.2, 0.25) is 0 Å². The maximum atomic E-state index is 5.97. The van der Waals surface area contributed by atoms with Gasteiger partial charge in [0.2, 0.25) is 0 Å². The van der Waals surface area contributed by atoms with E-state index in [0.717, 1.165) is 30.9 Å². The minimum absolute atomic E-state index is 0.685. The number of nitrogens with two attached hydrogens (primary N) is 1. The Balaban J connectivity index is 2.17. The highest BCUT2D eigenvalue weighted by atomic mass is 16.5. The van der Waals surface area contributed by atoms with E-state index in [1.807, 2.05) is 42.7 Å². The second-order valence-corrected chi connectivity index (χ2v) is 4.94. The molecule has 0 saturated carbocycles. The fourth-order valence-electron chi connectivity index (χ4n) is 2.15. The van der Waals surface area contributed by atoms with Crippen LogP contribution in [-0.2, 0) is 6.54 Å². The van der Waals surface area contributed by atoms with Gasteiger partial charge in [-0.05, 0) is 43.2 Å². The van der Waals surface area contributed by atoms with Gasteiger partial charge in [-0.25, -0.2) is 0 Å². The molecule has 0 aliphatic heterocycles. The molecule has 4 nitrogen and oxygen atoms in total. The average molecular weight is 285 g/mol. The molecule has 1 aromatic heterocycles. The fourth-order valence-corrected chi connectivity index (χ4v) is 2.15. The standard InChI is InChI=1S/C17H23N3O/c1-3-11-21-17-12-15(5-6-16(17)18)20(4-2)13-14-7-9-19-10-8-14/h5-10,12H,3-4,11,13,18H2,1-2H3. The van der Waals surface area contributed by atoms with E-state index in [0.29, 0.717) is 12.3 Å². The van der Waals surface area contributed by atoms with Crippen LogP contribution in [0.3, 0.4) is 0 Å². The van der Waals surface area contributed by atoms with Gasteiger partial charge in [-0.15, -0.1) is 0 Å². The van der Waals surface area contributed by atoms with E-state index in [2.05, 4.69) is 23.7 Å². The Morgan fingerprint density at radius 2 is 1.90 bits per heavy atom. The van der Waals surface area contributed by atoms with Crippen molar-refractivity contribution in [3.8, 4) is 5.75 Å². The van der Waals surface area contributed by atoms with E-state index >= 15 is 0 Å². The lowest BCUT2D eigenvalue weighted by Gasteiger charge is -2.24. The second kappa shape index (κ2) is 7.53. The van der Waals surface area contributed by atoms with Gasteiger partial charge in [0, 0.05) is 37.2 Å². The number of hydrogen-bond acceptors (Lipinski definition) is 4. The molecular formula is C17H23N3O. The van der Waals surface area contributed by atoms with Crippen LogP contribution >= 0.6 is 0 Å². The highest BCUT2D eigenvalue weighted by molar-refractivity contribution is 5.62. The molecule has 0 radical (unpaired) electrons. The van der Waals surface area contributed by atoms with Crippen molar-refractivity contribution in [2.75, 3.05) is 23.8 Å². The van der Waals surface area contributed by atoms with Gasteiger partial charge < -0.3 is 15.4 Å². The molecule has 2 aromatic rings. The van der Waals surface area contributed by atoms with Crippen molar-refractivity contribution < 1.29 is 4.74 Å². The van der Waals surface area contributed by atoms with Crippen LogP contribution in [0.15, 0.2) is 42.7 Å². The predicted molar refractivity (Wildman–Crippen MR) is 87.6 cm³/mol. The molecule has 1 aromatic carbocycles. The molecule has 0 saturated heterocycles. The molecule has 2 rings (SSSR count). The zero-order chi connectivity index (χ0) is 15.1. The van der Waals surface area contributed by atoms with E-state index in [1.54, 1.807) is 0 Å². The smallest absolute Gasteiger partial charge is 0.144 e. The molecule has 2 N–H and O–H groups in total. The van der Waals surface area contributed by atoms with Crippen molar-refractivity contribution in [2.24, 2.45) is 0 Å². The Labute approximate surface area is 126 Å². The molecule has 0 bridgehead atoms. The van der Waals surface area contributed by atoms with E-state index in [1.165, 1.54) is 5.56 Å². The largest absolute Gasteiger partial charge is 0.491 e. The van der Waals surface area contributed by atoms with Crippen molar-refractivity contribution in [3.63, 3.8) is 0 Å². The van der Waals surface area contributed by atoms with Gasteiger partial charge in [-0.1, -0.05) is 6.92 Å². The third-order valence-electron chi connectivity index (χ3n) is 3.33. The van der Waals surface area contributed by atoms with E-state index in [-0.39, 0.29) is 0 Å². The first-order valence-corrected chi connectivity index (χ1v) is 7.40. The number of rotatable bonds is 7. The molecule has 0 atom stereocenters. The topological polar surface area (TPSA) is 51.4 Å². The summed E-state index contributed by atoms with van der Waals surface area (Å²) in [5.41, 5.74) is 9.02. The van der Waals surface area contributed by atoms with Crippen LogP contribution in [-0.4, -0.2) is 18.1 Å². The highest BCUT2D eigenvalue weighted by Crippen LogP contribution is 2.28. The first-order chi connectivity index (χ1) is 10.2. The summed E-state index contributed by atoms with van der Waals surface area (Å²) in [6.07, 6.45) is 4.61. The summed E-state index contributed by atoms with van der Waals surface area (Å²) in [6, 6.07) is 10.0. The van der Waals surface area contributed by atoms with Gasteiger partial charge in [-0.3, -0.25) is 4.98 Å². The number of anilines is 2. The summed E-state index contributed by atoms with van der Waals surface area (Å²) in [5.74, 6) is 0.766. The predicted octanol–water partition coefficient (Wildman–Crippen LogP) is 3.48. The molecule has 112 valence electrons. The summed E-state index contributed by atoms with van der Waals surface area (Å²) in [6.45, 7) is 6.67. The van der Waals surface area contributed by atoms with Crippen LogP contribution in [0.1, 0.15) is 25.8 Å². The van der Waals surface area contributed by atoms with Crippen LogP contribution in [0.4, 0.5) is 11.4 Å². The Hall–Kier alpha value is -2.23. The average Bonchev–Trinajstić information content (AvgIpc) is 2.53. The summed E-state index contributed by atoms with van der Waals surface area (Å²) >= 11 is 0. The zero-order valence-electron chi connectivity index (χ0n) is 12.7. The molecule has 0 spiro atoms. The van der Waals surface area contributed by atoms with Crippen molar-refractivity contribution in [1.29, 1.82) is 0 Å². The number of ether oxygens (including phenoxy) is 1. The molecule has 0 unspecified atom stereocenters. The Bertz CT molecular complexity index is 557. The lowest BCUT2D eigenvalue weighted by Crippen LogP contribution is -2.22. The van der Waals surface area contributed by atoms with Crippen LogP contribution in [0, 0.1) is 0 Å². The second-order valence-electron chi connectivity index (χ2n) is 4.94. The molecular weight excluding hydrogens is 262 g/mol. The lowest BCUT2D eigenvalue weighted by atomic mass is 10.2. The number of hydrogen-bond donors (Lipinski definition) is 1. The minimum Gasteiger partial charge on any atom is -0.491 e. The number of benzene rings is 1. The lowest BCUT2D eigenvalue weighted by molar-refractivity contribution is 0.319. The quantitative estimate of drug-likeness (QED) is 0.791. The van der Waals surface area contributed by atoms with E-state index < -0.39 is 0 Å². The zero-order valence-corrected chi connectivity index (χ0v) is 12.7. The Morgan fingerprint density at radius 1 is 1.14 bits per heavy atom. The van der Waals surface area contributed by atoms with Crippen LogP contribution in [0.25, 0.3) is 0 Å². The third-order valence-corrected chi connectivity index (χ3v) is 3.33. The van der Waals surface area contributed by atoms with Crippen molar-refractivity contribution >= 4 is 11.4 Å². The third kappa shape index (κ3) is 4.12. The SMILES string of the molecule is CCCOc1cc(N(CC)Cc2ccncc2)ccc1N. The number of nitrogen functional groups attached to an aromatic ring is 1. The summed E-state index contributed by atoms with van der Waals surface area (Å²) in [4.78, 5) is 6.34. The van der Waals surface area contributed by atoms with Gasteiger partial charge in [0.1, 0.15) is 5.75 Å². The van der Waals surface area contributed by atoms with Gasteiger partial charge in [-0.2, -0.15) is 0 Å². The van der Waals surface area contributed by atoms with Crippen molar-refractivity contribution in [2.45, 2.75) is 26.8 Å². The maximum absolute atomic E-state index is 5.97. The first kappa shape index (κ1) is 15.2. The van der Waals surface area contributed by atoms with Crippen molar-refractivity contribution in [3.05, 3.63) is 48.3 Å². The fraction of sp³-hybridized carbons (Fsp3) is 0.353. The van der Waals surface area contributed by atoms with Gasteiger partial charge >= 0.3 is 0 Å². The summed E-state index contributed by atoms with van der Waals surface area (Å²) in [7, 11) is 0. The normalized spacial score (nSPS) is 10.4. The van der Waals surface area contributed by atoms with E-state index in [9.17, 15) is 0 Å². The molecule has 0 amide bonds. The van der Waals surface area contributed by atoms with Gasteiger partial charge in [0.25, 0.3) is 0 Å². The molecule has 1 heterocycles. The molecule has 4 heteroatoms. The first-order valence-electron chi connectivity index (χ1n) is 7.40. The monoisotopic (exact) mass is 285 g/mol. The highest BCUT2D eigenvalue weighted by Gasteiger charge is 2.09. The summed E-state index contributed by atoms with van der Waals surface area (Å²) < 4.78 is 5.71. The number of pyridine rings is 1. The van der Waals surface area contributed by atoms with Crippen LogP contribution in [0.5, 0.6) is 5.75 Å². The molecule has 0 aliphatic rings. The number of aromatic nitrogens is 1. The van der Waals surface area contributed by atoms with Gasteiger partial charge in [0.05, 0.1) is 12.3 Å². The maximum Gasteiger partial charge on any atom is 0.144 e. The minimum atomic E-state index is 0.685. The van der Waals surface area contributed by atoms with Crippen molar-refractivity contribution in [1.82, 2.24) is 4.98 Å². The molecule has 0 fully saturated rings. The van der Waals surface area contributed by atoms with E-state index in [4.69, 9.17) is 10.5 Å². The molecule has 0 aliphatic carbocycles. The number of nitrogens with zero attached hydrogens (tertiary/aromatic N) is 2. The summed E-state index contributed by atoms with van der Waals surface area (Å²) in [5, 5.41) is 0. The van der Waals surface area contributed by atoms with Crippen LogP contribution < -0.4 is 15.4 Å². The Morgan fingerprint density at radius 3 is 2.57 bits per heavy atom. The molecule has 21 heavy (non-hydrogen) atoms.